The molecular weight excluding hydrogens is 481 g/mol. The van der Waals surface area contributed by atoms with Gasteiger partial charge in [0.25, 0.3) is 0 Å². The Morgan fingerprint density at radius 3 is 2.45 bits per heavy atom. The van der Waals surface area contributed by atoms with Gasteiger partial charge in [-0.05, 0) is 61.7 Å². The average Bonchev–Trinajstić information content (AvgIpc) is 2.84. The summed E-state index contributed by atoms with van der Waals surface area (Å²) in [5.41, 5.74) is 0.291. The minimum absolute atomic E-state index is 0.0919. The maximum absolute atomic E-state index is 12.9. The van der Waals surface area contributed by atoms with Crippen LogP contribution in [0.4, 0.5) is 0 Å². The third kappa shape index (κ3) is 5.77. The largest absolute Gasteiger partial charge is 0.481 e. The molecule has 0 saturated heterocycles. The number of pyridine rings is 1. The zero-order valence-corrected chi connectivity index (χ0v) is 19.9. The molecular formula is C24H17Cl2N3O3S. The molecule has 3 aromatic rings. The van der Waals surface area contributed by atoms with Crippen LogP contribution in [0, 0.1) is 22.7 Å². The topological polar surface area (TPSA) is 96.0 Å². The highest BCUT2D eigenvalue weighted by molar-refractivity contribution is 7.98. The number of ketones is 1. The first kappa shape index (κ1) is 24.4. The molecule has 9 heteroatoms. The van der Waals surface area contributed by atoms with E-state index in [0.717, 1.165) is 4.90 Å². The summed E-state index contributed by atoms with van der Waals surface area (Å²) in [7, 11) is 0. The van der Waals surface area contributed by atoms with Gasteiger partial charge in [0.05, 0.1) is 16.8 Å². The quantitative estimate of drug-likeness (QED) is 0.331. The molecule has 0 radical (unpaired) electrons. The van der Waals surface area contributed by atoms with E-state index >= 15 is 0 Å². The Bertz CT molecular complexity index is 1250. The molecule has 0 spiro atoms. The minimum atomic E-state index is -1.20. The summed E-state index contributed by atoms with van der Waals surface area (Å²) in [6.45, 7) is 1.51. The third-order valence-corrected chi connectivity index (χ3v) is 5.99. The summed E-state index contributed by atoms with van der Waals surface area (Å²) < 4.78 is 11.6. The molecule has 2 unspecified atom stereocenters. The number of hydrogen-bond donors (Lipinski definition) is 0. The fraction of sp³-hybridized carbons (Fsp3) is 0.167. The molecule has 0 aliphatic heterocycles. The molecule has 0 aliphatic carbocycles. The average molecular weight is 498 g/mol. The van der Waals surface area contributed by atoms with Crippen molar-refractivity contribution in [3.05, 3.63) is 76.0 Å². The summed E-state index contributed by atoms with van der Waals surface area (Å²) in [6.07, 6.45) is 0.939. The fourth-order valence-corrected chi connectivity index (χ4v) is 3.79. The van der Waals surface area contributed by atoms with Crippen molar-refractivity contribution in [1.82, 2.24) is 4.98 Å². The van der Waals surface area contributed by atoms with Crippen molar-refractivity contribution in [2.24, 2.45) is 0 Å². The summed E-state index contributed by atoms with van der Waals surface area (Å²) in [5, 5.41) is 18.9. The summed E-state index contributed by atoms with van der Waals surface area (Å²) in [5.74, 6) is -0.835. The molecule has 3 rings (SSSR count). The van der Waals surface area contributed by atoms with Gasteiger partial charge in [-0.3, -0.25) is 4.79 Å². The van der Waals surface area contributed by atoms with Crippen molar-refractivity contribution >= 4 is 40.7 Å². The molecule has 0 N–H and O–H groups in total. The summed E-state index contributed by atoms with van der Waals surface area (Å²) in [6, 6.07) is 18.9. The first-order valence-corrected chi connectivity index (χ1v) is 11.6. The summed E-state index contributed by atoms with van der Waals surface area (Å²) in [4.78, 5) is 18.0. The van der Waals surface area contributed by atoms with Gasteiger partial charge in [-0.1, -0.05) is 29.3 Å². The first-order valence-electron chi connectivity index (χ1n) is 9.65. The van der Waals surface area contributed by atoms with E-state index in [1.54, 1.807) is 36.0 Å². The molecule has 0 aliphatic rings. The SMILES string of the molecule is CSc1ccc(Oc2c(Cl)ccc(OC(C)C(=O)C(C#N)c3cccc(C#N)n3)c2Cl)cc1. The minimum Gasteiger partial charge on any atom is -0.481 e. The van der Waals surface area contributed by atoms with Gasteiger partial charge in [0.15, 0.2) is 23.6 Å². The molecule has 166 valence electrons. The number of nitriles is 2. The van der Waals surface area contributed by atoms with Crippen LogP contribution in [0.5, 0.6) is 17.2 Å². The lowest BCUT2D eigenvalue weighted by Crippen LogP contribution is -2.29. The van der Waals surface area contributed by atoms with Crippen LogP contribution in [0.1, 0.15) is 24.2 Å². The van der Waals surface area contributed by atoms with Gasteiger partial charge in [-0.2, -0.15) is 10.5 Å². The van der Waals surface area contributed by atoms with Crippen molar-refractivity contribution in [2.75, 3.05) is 6.26 Å². The van der Waals surface area contributed by atoms with Crippen LogP contribution in [-0.4, -0.2) is 23.1 Å². The predicted octanol–water partition coefficient (Wildman–Crippen LogP) is 6.42. The number of carbonyl (C=O) groups is 1. The van der Waals surface area contributed by atoms with Gasteiger partial charge in [0.1, 0.15) is 28.3 Å². The zero-order valence-electron chi connectivity index (χ0n) is 17.6. The van der Waals surface area contributed by atoms with E-state index in [0.29, 0.717) is 5.75 Å². The monoisotopic (exact) mass is 497 g/mol. The highest BCUT2D eigenvalue weighted by atomic mass is 35.5. The van der Waals surface area contributed by atoms with E-state index in [2.05, 4.69) is 4.98 Å². The van der Waals surface area contributed by atoms with Crippen LogP contribution in [-0.2, 0) is 4.79 Å². The molecule has 2 aromatic carbocycles. The Morgan fingerprint density at radius 2 is 1.82 bits per heavy atom. The second-order valence-electron chi connectivity index (χ2n) is 6.75. The number of rotatable bonds is 8. The number of carbonyl (C=O) groups excluding carboxylic acids is 1. The van der Waals surface area contributed by atoms with Gasteiger partial charge in [0, 0.05) is 4.90 Å². The van der Waals surface area contributed by atoms with Crippen LogP contribution in [0.3, 0.4) is 0 Å². The Hall–Kier alpha value is -3.23. The van der Waals surface area contributed by atoms with Crippen molar-refractivity contribution in [2.45, 2.75) is 23.8 Å². The molecule has 33 heavy (non-hydrogen) atoms. The molecule has 6 nitrogen and oxygen atoms in total. The standard InChI is InChI=1S/C24H17Cl2N3O3S/c1-14(23(30)18(13-28)20-5-3-4-15(12-27)29-20)31-21-11-10-19(25)24(22(21)26)32-16-6-8-17(33-2)9-7-16/h3-11,14,18H,1-2H3. The van der Waals surface area contributed by atoms with E-state index in [4.69, 9.17) is 37.9 Å². The third-order valence-electron chi connectivity index (χ3n) is 4.59. The molecule has 0 fully saturated rings. The lowest BCUT2D eigenvalue weighted by Gasteiger charge is -2.19. The lowest BCUT2D eigenvalue weighted by atomic mass is 9.97. The van der Waals surface area contributed by atoms with Gasteiger partial charge >= 0.3 is 0 Å². The van der Waals surface area contributed by atoms with Crippen LogP contribution in [0.25, 0.3) is 0 Å². The fourth-order valence-electron chi connectivity index (χ4n) is 2.89. The lowest BCUT2D eigenvalue weighted by molar-refractivity contribution is -0.125. The second kappa shape index (κ2) is 11.1. The maximum Gasteiger partial charge on any atom is 0.196 e. The van der Waals surface area contributed by atoms with Crippen molar-refractivity contribution in [3.8, 4) is 29.4 Å². The number of halogens is 2. The van der Waals surface area contributed by atoms with Crippen LogP contribution in [0.2, 0.25) is 10.0 Å². The van der Waals surface area contributed by atoms with E-state index < -0.39 is 17.8 Å². The highest BCUT2D eigenvalue weighted by Crippen LogP contribution is 2.42. The molecule has 1 heterocycles. The van der Waals surface area contributed by atoms with Gasteiger partial charge < -0.3 is 9.47 Å². The van der Waals surface area contributed by atoms with Gasteiger partial charge in [-0.25, -0.2) is 4.98 Å². The number of Topliss-reactive ketones (excluding diaryl/α,β-unsaturated/α-hetero) is 1. The Labute approximate surface area is 205 Å². The number of hydrogen-bond acceptors (Lipinski definition) is 7. The Kier molecular flexibility index (Phi) is 8.19. The van der Waals surface area contributed by atoms with Crippen molar-refractivity contribution in [3.63, 3.8) is 0 Å². The highest BCUT2D eigenvalue weighted by Gasteiger charge is 2.29. The zero-order chi connectivity index (χ0) is 24.0. The van der Waals surface area contributed by atoms with Gasteiger partial charge in [0.2, 0.25) is 0 Å². The van der Waals surface area contributed by atoms with E-state index in [-0.39, 0.29) is 32.9 Å². The Morgan fingerprint density at radius 1 is 1.09 bits per heavy atom. The van der Waals surface area contributed by atoms with E-state index in [1.807, 2.05) is 30.5 Å². The maximum atomic E-state index is 12.9. The summed E-state index contributed by atoms with van der Waals surface area (Å²) >= 11 is 14.4. The van der Waals surface area contributed by atoms with Crippen LogP contribution >= 0.6 is 35.0 Å². The molecule has 1 aromatic heterocycles. The van der Waals surface area contributed by atoms with E-state index in [9.17, 15) is 10.1 Å². The smallest absolute Gasteiger partial charge is 0.196 e. The number of benzene rings is 2. The first-order chi connectivity index (χ1) is 15.9. The number of thioether (sulfide) groups is 1. The second-order valence-corrected chi connectivity index (χ2v) is 8.42. The Balaban J connectivity index is 1.81. The molecule has 0 saturated carbocycles. The number of ether oxygens (including phenoxy) is 2. The normalized spacial score (nSPS) is 12.2. The van der Waals surface area contributed by atoms with Crippen molar-refractivity contribution < 1.29 is 14.3 Å². The number of nitrogens with zero attached hydrogens (tertiary/aromatic N) is 3. The van der Waals surface area contributed by atoms with Crippen LogP contribution < -0.4 is 9.47 Å². The van der Waals surface area contributed by atoms with Crippen LogP contribution in [0.15, 0.2) is 59.5 Å². The van der Waals surface area contributed by atoms with Gasteiger partial charge in [-0.15, -0.1) is 11.8 Å². The molecule has 2 atom stereocenters. The predicted molar refractivity (Wildman–Crippen MR) is 127 cm³/mol. The molecule has 0 bridgehead atoms. The van der Waals surface area contributed by atoms with E-state index in [1.165, 1.54) is 25.1 Å². The van der Waals surface area contributed by atoms with Crippen molar-refractivity contribution in [1.29, 1.82) is 10.5 Å². The molecule has 0 amide bonds. The number of aromatic nitrogens is 1.